The van der Waals surface area contributed by atoms with Crippen molar-refractivity contribution < 1.29 is 32.2 Å². The molecule has 1 aliphatic rings. The molecular weight excluding hydrogens is 567 g/mol. The number of fused-ring (bicyclic) bond motifs is 1. The number of anilines is 2. The number of halogens is 2. The van der Waals surface area contributed by atoms with Crippen molar-refractivity contribution in [3.8, 4) is 11.5 Å². The smallest absolute Gasteiger partial charge is 0.331 e. The molecule has 0 aromatic heterocycles. The number of rotatable bonds is 9. The predicted molar refractivity (Wildman–Crippen MR) is 149 cm³/mol. The summed E-state index contributed by atoms with van der Waals surface area (Å²) < 4.78 is 44.5. The molecule has 1 heterocycles. The van der Waals surface area contributed by atoms with E-state index in [0.717, 1.165) is 11.6 Å². The summed E-state index contributed by atoms with van der Waals surface area (Å²) in [5.74, 6) is -1.24. The standard InChI is InChI=1S/C27H24Cl2N2O7S/c1-36-22-14-17(10-11-25(33)38-16-24(32)30-20-8-5-7-19(28)26(20)29)15-23(27(22)37-2)39(34,35)31-13-12-18-6-3-4-9-21(18)31/h3-11,14-15H,12-13,16H2,1-2H3,(H,30,32)/b11-10+. The fraction of sp³-hybridized carbons (Fsp3) is 0.185. The van der Waals surface area contributed by atoms with Gasteiger partial charge in [0.1, 0.15) is 4.90 Å². The van der Waals surface area contributed by atoms with Gasteiger partial charge in [-0.2, -0.15) is 0 Å². The number of methoxy groups -OCH3 is 2. The maximum atomic E-state index is 13.7. The van der Waals surface area contributed by atoms with Gasteiger partial charge < -0.3 is 19.5 Å². The number of nitrogens with zero attached hydrogens (tertiary/aromatic N) is 1. The molecule has 0 saturated heterocycles. The molecule has 1 amide bonds. The zero-order valence-corrected chi connectivity index (χ0v) is 23.3. The highest BCUT2D eigenvalue weighted by atomic mass is 35.5. The molecule has 1 aliphatic heterocycles. The Morgan fingerprint density at radius 2 is 1.82 bits per heavy atom. The monoisotopic (exact) mass is 590 g/mol. The van der Waals surface area contributed by atoms with Gasteiger partial charge in [0.15, 0.2) is 18.1 Å². The van der Waals surface area contributed by atoms with Gasteiger partial charge in [0.2, 0.25) is 0 Å². The molecule has 204 valence electrons. The predicted octanol–water partition coefficient (Wildman–Crippen LogP) is 4.96. The summed E-state index contributed by atoms with van der Waals surface area (Å²) in [4.78, 5) is 24.3. The molecule has 0 aliphatic carbocycles. The highest BCUT2D eigenvalue weighted by Crippen LogP contribution is 2.40. The fourth-order valence-electron chi connectivity index (χ4n) is 4.05. The highest BCUT2D eigenvalue weighted by molar-refractivity contribution is 7.93. The fourth-order valence-corrected chi connectivity index (χ4v) is 6.11. The summed E-state index contributed by atoms with van der Waals surface area (Å²) in [7, 11) is -1.31. The van der Waals surface area contributed by atoms with E-state index in [1.54, 1.807) is 30.3 Å². The first-order chi connectivity index (χ1) is 18.6. The van der Waals surface area contributed by atoms with E-state index in [-0.39, 0.29) is 38.7 Å². The van der Waals surface area contributed by atoms with E-state index in [4.69, 9.17) is 37.4 Å². The van der Waals surface area contributed by atoms with E-state index in [9.17, 15) is 18.0 Å². The van der Waals surface area contributed by atoms with Crippen LogP contribution in [0.3, 0.4) is 0 Å². The second-order valence-electron chi connectivity index (χ2n) is 8.30. The summed E-state index contributed by atoms with van der Waals surface area (Å²) in [6.45, 7) is -0.298. The average molecular weight is 591 g/mol. The van der Waals surface area contributed by atoms with E-state index in [2.05, 4.69) is 5.32 Å². The summed E-state index contributed by atoms with van der Waals surface area (Å²) >= 11 is 12.0. The number of esters is 1. The van der Waals surface area contributed by atoms with Crippen molar-refractivity contribution in [2.45, 2.75) is 11.3 Å². The van der Waals surface area contributed by atoms with Crippen LogP contribution in [-0.2, 0) is 30.8 Å². The summed E-state index contributed by atoms with van der Waals surface area (Å²) in [6.07, 6.45) is 3.01. The molecule has 39 heavy (non-hydrogen) atoms. The molecule has 4 rings (SSSR count). The van der Waals surface area contributed by atoms with Crippen LogP contribution >= 0.6 is 23.2 Å². The minimum Gasteiger partial charge on any atom is -0.493 e. The topological polar surface area (TPSA) is 111 Å². The third kappa shape index (κ3) is 6.13. The maximum Gasteiger partial charge on any atom is 0.331 e. The van der Waals surface area contributed by atoms with Gasteiger partial charge in [0.25, 0.3) is 15.9 Å². The molecule has 0 fully saturated rings. The SMILES string of the molecule is COc1cc(/C=C/C(=O)OCC(=O)Nc2cccc(Cl)c2Cl)cc(S(=O)(=O)N2CCc3ccccc32)c1OC. The van der Waals surface area contributed by atoms with Gasteiger partial charge in [-0.15, -0.1) is 0 Å². The Morgan fingerprint density at radius 1 is 1.05 bits per heavy atom. The first-order valence-electron chi connectivity index (χ1n) is 11.6. The molecule has 0 radical (unpaired) electrons. The van der Waals surface area contributed by atoms with E-state index < -0.39 is 28.5 Å². The van der Waals surface area contributed by atoms with Gasteiger partial charge in [0, 0.05) is 12.6 Å². The van der Waals surface area contributed by atoms with Gasteiger partial charge in [-0.05, 0) is 54.0 Å². The average Bonchev–Trinajstić information content (AvgIpc) is 3.38. The van der Waals surface area contributed by atoms with E-state index in [0.29, 0.717) is 17.7 Å². The zero-order valence-electron chi connectivity index (χ0n) is 20.9. The first kappa shape index (κ1) is 28.3. The van der Waals surface area contributed by atoms with Crippen molar-refractivity contribution in [1.82, 2.24) is 0 Å². The quantitative estimate of drug-likeness (QED) is 0.277. The van der Waals surface area contributed by atoms with Gasteiger partial charge in [-0.3, -0.25) is 9.10 Å². The highest BCUT2D eigenvalue weighted by Gasteiger charge is 2.34. The van der Waals surface area contributed by atoms with Crippen molar-refractivity contribution in [3.63, 3.8) is 0 Å². The lowest BCUT2D eigenvalue weighted by Gasteiger charge is -2.22. The number of para-hydroxylation sites is 1. The normalized spacial score (nSPS) is 12.8. The number of amides is 1. The Morgan fingerprint density at radius 3 is 2.56 bits per heavy atom. The lowest BCUT2D eigenvalue weighted by molar-refractivity contribution is -0.142. The molecule has 0 atom stereocenters. The minimum absolute atomic E-state index is 0.0398. The molecule has 0 saturated carbocycles. The van der Waals surface area contributed by atoms with Crippen molar-refractivity contribution in [2.75, 3.05) is 37.0 Å². The molecule has 0 unspecified atom stereocenters. The van der Waals surface area contributed by atoms with Crippen LogP contribution in [0.15, 0.2) is 65.6 Å². The zero-order chi connectivity index (χ0) is 28.2. The first-order valence-corrected chi connectivity index (χ1v) is 13.8. The second kappa shape index (κ2) is 12.0. The lowest BCUT2D eigenvalue weighted by atomic mass is 10.2. The number of benzene rings is 3. The minimum atomic E-state index is -4.04. The van der Waals surface area contributed by atoms with Crippen LogP contribution in [0, 0.1) is 0 Å². The summed E-state index contributed by atoms with van der Waals surface area (Å²) in [5, 5.41) is 2.93. The van der Waals surface area contributed by atoms with Crippen molar-refractivity contribution in [1.29, 1.82) is 0 Å². The van der Waals surface area contributed by atoms with E-state index >= 15 is 0 Å². The van der Waals surface area contributed by atoms with Gasteiger partial charge in [-0.1, -0.05) is 47.5 Å². The van der Waals surface area contributed by atoms with Crippen LogP contribution in [0.25, 0.3) is 6.08 Å². The molecule has 0 bridgehead atoms. The van der Waals surface area contributed by atoms with Gasteiger partial charge >= 0.3 is 5.97 Å². The molecule has 9 nitrogen and oxygen atoms in total. The number of carbonyl (C=O) groups excluding carboxylic acids is 2. The number of nitrogens with one attached hydrogen (secondary N) is 1. The van der Waals surface area contributed by atoms with Crippen molar-refractivity contribution in [2.24, 2.45) is 0 Å². The van der Waals surface area contributed by atoms with E-state index in [1.165, 1.54) is 36.7 Å². The van der Waals surface area contributed by atoms with Crippen LogP contribution in [0.1, 0.15) is 11.1 Å². The molecule has 1 N–H and O–H groups in total. The number of carbonyl (C=O) groups is 2. The van der Waals surface area contributed by atoms with Crippen LogP contribution in [0.2, 0.25) is 10.0 Å². The van der Waals surface area contributed by atoms with Crippen LogP contribution in [-0.4, -0.2) is 47.7 Å². The number of hydrogen-bond acceptors (Lipinski definition) is 7. The number of hydrogen-bond donors (Lipinski definition) is 1. The lowest BCUT2D eigenvalue weighted by Crippen LogP contribution is -2.29. The molecule has 12 heteroatoms. The Kier molecular flexibility index (Phi) is 8.69. The van der Waals surface area contributed by atoms with Gasteiger partial charge in [0.05, 0.1) is 35.6 Å². The Bertz CT molecular complexity index is 1560. The Hall–Kier alpha value is -3.73. The number of sulfonamides is 1. The summed E-state index contributed by atoms with van der Waals surface area (Å²) in [5.41, 5.74) is 2.14. The third-order valence-corrected chi connectivity index (χ3v) is 8.50. The Labute approximate surface area is 235 Å². The van der Waals surface area contributed by atoms with Crippen LogP contribution in [0.5, 0.6) is 11.5 Å². The van der Waals surface area contributed by atoms with E-state index in [1.807, 2.05) is 12.1 Å². The third-order valence-electron chi connectivity index (χ3n) is 5.86. The van der Waals surface area contributed by atoms with Crippen molar-refractivity contribution in [3.05, 3.63) is 81.8 Å². The molecule has 0 spiro atoms. The van der Waals surface area contributed by atoms with Crippen molar-refractivity contribution >= 4 is 62.6 Å². The maximum absolute atomic E-state index is 13.7. The van der Waals surface area contributed by atoms with Gasteiger partial charge in [-0.25, -0.2) is 13.2 Å². The molecular formula is C27H24Cl2N2O7S. The number of ether oxygens (including phenoxy) is 3. The second-order valence-corrected chi connectivity index (χ2v) is 10.9. The van der Waals surface area contributed by atoms with Crippen LogP contribution in [0.4, 0.5) is 11.4 Å². The Balaban J connectivity index is 1.52. The molecule has 3 aromatic carbocycles. The largest absolute Gasteiger partial charge is 0.493 e. The molecule has 3 aromatic rings. The van der Waals surface area contributed by atoms with Crippen LogP contribution < -0.4 is 19.1 Å². The summed E-state index contributed by atoms with van der Waals surface area (Å²) in [6, 6.07) is 14.9.